The second-order valence-corrected chi connectivity index (χ2v) is 5.82. The topological polar surface area (TPSA) is 66.5 Å². The third-order valence-electron chi connectivity index (χ3n) is 3.77. The van der Waals surface area contributed by atoms with E-state index in [0.29, 0.717) is 0 Å². The lowest BCUT2D eigenvalue weighted by Gasteiger charge is -2.29. The van der Waals surface area contributed by atoms with Gasteiger partial charge in [-0.3, -0.25) is 5.43 Å². The molecule has 1 aliphatic rings. The van der Waals surface area contributed by atoms with Crippen molar-refractivity contribution in [1.82, 2.24) is 10.4 Å². The summed E-state index contributed by atoms with van der Waals surface area (Å²) in [6.07, 6.45) is 5.44. The summed E-state index contributed by atoms with van der Waals surface area (Å²) in [4.78, 5) is 7.17. The zero-order valence-electron chi connectivity index (χ0n) is 12.3. The van der Waals surface area contributed by atoms with Gasteiger partial charge in [-0.15, -0.1) is 0 Å². The van der Waals surface area contributed by atoms with E-state index in [4.69, 9.17) is 22.9 Å². The van der Waals surface area contributed by atoms with Gasteiger partial charge in [0.2, 0.25) is 0 Å². The number of nitrogens with zero attached hydrogens (tertiary/aromatic N) is 3. The van der Waals surface area contributed by atoms with E-state index in [0.717, 1.165) is 35.4 Å². The number of fused-ring (bicyclic) bond motifs is 1. The largest absolute Gasteiger partial charge is 0.375 e. The normalized spacial score (nSPS) is 15.4. The van der Waals surface area contributed by atoms with Crippen molar-refractivity contribution >= 4 is 40.3 Å². The van der Waals surface area contributed by atoms with Crippen LogP contribution in [0.25, 0.3) is 10.9 Å². The summed E-state index contributed by atoms with van der Waals surface area (Å²) >= 11 is 4.77. The van der Waals surface area contributed by atoms with Gasteiger partial charge in [0.15, 0.2) is 5.11 Å². The maximum atomic E-state index is 5.41. The molecule has 0 amide bonds. The van der Waals surface area contributed by atoms with Crippen molar-refractivity contribution in [2.75, 3.05) is 18.0 Å². The summed E-state index contributed by atoms with van der Waals surface area (Å²) in [7, 11) is 0. The van der Waals surface area contributed by atoms with Crippen molar-refractivity contribution < 1.29 is 0 Å². The second kappa shape index (κ2) is 6.70. The van der Waals surface area contributed by atoms with E-state index >= 15 is 0 Å². The van der Waals surface area contributed by atoms with Crippen LogP contribution in [0.15, 0.2) is 35.4 Å². The Labute approximate surface area is 135 Å². The first-order valence-corrected chi connectivity index (χ1v) is 7.88. The number of piperidine rings is 1. The van der Waals surface area contributed by atoms with Crippen LogP contribution >= 0.6 is 12.2 Å². The number of benzene rings is 1. The van der Waals surface area contributed by atoms with E-state index in [2.05, 4.69) is 27.6 Å². The van der Waals surface area contributed by atoms with Gasteiger partial charge >= 0.3 is 0 Å². The molecular formula is C16H19N5S. The molecule has 6 heteroatoms. The Morgan fingerprint density at radius 2 is 2.05 bits per heavy atom. The minimum atomic E-state index is 0.157. The van der Waals surface area contributed by atoms with Crippen molar-refractivity contribution in [1.29, 1.82) is 0 Å². The number of aromatic nitrogens is 1. The molecule has 0 atom stereocenters. The number of para-hydroxylation sites is 1. The highest BCUT2D eigenvalue weighted by molar-refractivity contribution is 7.80. The first-order chi connectivity index (χ1) is 10.7. The van der Waals surface area contributed by atoms with Gasteiger partial charge < -0.3 is 10.6 Å². The zero-order chi connectivity index (χ0) is 15.4. The Morgan fingerprint density at radius 1 is 1.27 bits per heavy atom. The number of thiocarbonyl (C=S) groups is 1. The molecule has 1 aliphatic heterocycles. The quantitative estimate of drug-likeness (QED) is 0.517. The lowest BCUT2D eigenvalue weighted by molar-refractivity contribution is 0.574. The summed E-state index contributed by atoms with van der Waals surface area (Å²) < 4.78 is 0. The first-order valence-electron chi connectivity index (χ1n) is 7.47. The molecule has 22 heavy (non-hydrogen) atoms. The number of hydrazone groups is 1. The fraction of sp³-hybridized carbons (Fsp3) is 0.312. The molecule has 1 fully saturated rings. The fourth-order valence-corrected chi connectivity index (χ4v) is 2.79. The lowest BCUT2D eigenvalue weighted by atomic mass is 10.1. The molecule has 0 saturated carbocycles. The van der Waals surface area contributed by atoms with Crippen LogP contribution in [-0.2, 0) is 0 Å². The van der Waals surface area contributed by atoms with Crippen LogP contribution in [0.4, 0.5) is 5.82 Å². The number of nitrogens with two attached hydrogens (primary N) is 1. The van der Waals surface area contributed by atoms with Crippen LogP contribution in [0, 0.1) is 0 Å². The molecule has 114 valence electrons. The molecule has 0 bridgehead atoms. The number of hydrogen-bond donors (Lipinski definition) is 2. The molecule has 0 aliphatic carbocycles. The van der Waals surface area contributed by atoms with Crippen LogP contribution < -0.4 is 16.1 Å². The number of rotatable bonds is 3. The van der Waals surface area contributed by atoms with Crippen molar-refractivity contribution in [3.05, 3.63) is 35.9 Å². The van der Waals surface area contributed by atoms with Crippen LogP contribution in [0.1, 0.15) is 24.8 Å². The average Bonchev–Trinajstić information content (AvgIpc) is 2.54. The third kappa shape index (κ3) is 3.33. The zero-order valence-corrected chi connectivity index (χ0v) is 13.1. The van der Waals surface area contributed by atoms with Gasteiger partial charge in [0.05, 0.1) is 11.7 Å². The van der Waals surface area contributed by atoms with E-state index in [1.807, 2.05) is 18.2 Å². The van der Waals surface area contributed by atoms with Gasteiger partial charge in [0.25, 0.3) is 0 Å². The van der Waals surface area contributed by atoms with Crippen molar-refractivity contribution in [3.63, 3.8) is 0 Å². The van der Waals surface area contributed by atoms with E-state index in [1.54, 1.807) is 6.21 Å². The maximum Gasteiger partial charge on any atom is 0.184 e. The Morgan fingerprint density at radius 3 is 2.82 bits per heavy atom. The minimum Gasteiger partial charge on any atom is -0.375 e. The Hall–Kier alpha value is -2.21. The predicted octanol–water partition coefficient (Wildman–Crippen LogP) is 2.39. The number of pyridine rings is 1. The molecular weight excluding hydrogens is 294 g/mol. The smallest absolute Gasteiger partial charge is 0.184 e. The highest BCUT2D eigenvalue weighted by atomic mass is 32.1. The van der Waals surface area contributed by atoms with E-state index in [-0.39, 0.29) is 5.11 Å². The van der Waals surface area contributed by atoms with Crippen LogP contribution in [0.3, 0.4) is 0 Å². The van der Waals surface area contributed by atoms with Crippen molar-refractivity contribution in [3.8, 4) is 0 Å². The van der Waals surface area contributed by atoms with E-state index < -0.39 is 0 Å². The highest BCUT2D eigenvalue weighted by Gasteiger charge is 2.16. The monoisotopic (exact) mass is 313 g/mol. The second-order valence-electron chi connectivity index (χ2n) is 5.38. The lowest BCUT2D eigenvalue weighted by Crippen LogP contribution is -2.31. The third-order valence-corrected chi connectivity index (χ3v) is 3.86. The molecule has 0 spiro atoms. The SMILES string of the molecule is NC(=S)N/N=C/c1cc2ccccc2nc1N1CCCCC1. The van der Waals surface area contributed by atoms with Gasteiger partial charge in [-0.1, -0.05) is 18.2 Å². The molecule has 0 unspecified atom stereocenters. The fourth-order valence-electron chi connectivity index (χ4n) is 2.74. The molecule has 0 radical (unpaired) electrons. The molecule has 2 heterocycles. The Balaban J connectivity index is 2.01. The van der Waals surface area contributed by atoms with Gasteiger partial charge in [-0.25, -0.2) is 4.98 Å². The molecule has 3 rings (SSSR count). The molecule has 3 N–H and O–H groups in total. The van der Waals surface area contributed by atoms with Gasteiger partial charge in [0, 0.05) is 24.0 Å². The van der Waals surface area contributed by atoms with Crippen LogP contribution in [0.2, 0.25) is 0 Å². The highest BCUT2D eigenvalue weighted by Crippen LogP contribution is 2.25. The number of hydrogen-bond acceptors (Lipinski definition) is 4. The molecule has 1 saturated heterocycles. The Kier molecular flexibility index (Phi) is 4.48. The summed E-state index contributed by atoms with van der Waals surface area (Å²) in [5.74, 6) is 0.979. The van der Waals surface area contributed by atoms with Crippen LogP contribution in [0.5, 0.6) is 0 Å². The van der Waals surface area contributed by atoms with E-state index in [9.17, 15) is 0 Å². The molecule has 2 aromatic rings. The molecule has 1 aromatic heterocycles. The molecule has 5 nitrogen and oxygen atoms in total. The van der Waals surface area contributed by atoms with Crippen molar-refractivity contribution in [2.45, 2.75) is 19.3 Å². The summed E-state index contributed by atoms with van der Waals surface area (Å²) in [5, 5.41) is 5.35. The van der Waals surface area contributed by atoms with Gasteiger partial charge in [-0.2, -0.15) is 5.10 Å². The standard InChI is InChI=1S/C16H19N5S/c17-16(22)20-18-11-13-10-12-6-2-3-7-14(12)19-15(13)21-8-4-1-5-9-21/h2-3,6-7,10-11H,1,4-5,8-9H2,(H3,17,20,22)/b18-11+. The first kappa shape index (κ1) is 14.7. The maximum absolute atomic E-state index is 5.41. The summed E-state index contributed by atoms with van der Waals surface area (Å²) in [6.45, 7) is 2.07. The minimum absolute atomic E-state index is 0.157. The average molecular weight is 313 g/mol. The number of nitrogens with one attached hydrogen (secondary N) is 1. The molecule has 1 aromatic carbocycles. The summed E-state index contributed by atoms with van der Waals surface area (Å²) in [5.41, 5.74) is 9.99. The van der Waals surface area contributed by atoms with Gasteiger partial charge in [-0.05, 0) is 43.6 Å². The van der Waals surface area contributed by atoms with Crippen molar-refractivity contribution in [2.24, 2.45) is 10.8 Å². The van der Waals surface area contributed by atoms with E-state index in [1.165, 1.54) is 19.3 Å². The van der Waals surface area contributed by atoms with Crippen LogP contribution in [-0.4, -0.2) is 29.4 Å². The van der Waals surface area contributed by atoms with Gasteiger partial charge in [0.1, 0.15) is 5.82 Å². The predicted molar refractivity (Wildman–Crippen MR) is 95.3 cm³/mol. The number of anilines is 1. The Bertz CT molecular complexity index is 707. The summed E-state index contributed by atoms with van der Waals surface area (Å²) in [6, 6.07) is 10.2.